The van der Waals surface area contributed by atoms with Gasteiger partial charge in [-0.25, -0.2) is 9.98 Å². The molecule has 0 saturated heterocycles. The highest BCUT2D eigenvalue weighted by atomic mass is 35.5. The molecule has 1 aromatic carbocycles. The molecule has 0 spiro atoms. The van der Waals surface area contributed by atoms with Crippen LogP contribution in [0, 0.1) is 0 Å². The Morgan fingerprint density at radius 1 is 1.25 bits per heavy atom. The molecule has 0 bridgehead atoms. The number of para-hydroxylation sites is 1. The number of nitrogens with one attached hydrogen (secondary N) is 1. The number of aliphatic imine (C=N–C) groups is 1. The number of benzene rings is 1. The van der Waals surface area contributed by atoms with Gasteiger partial charge < -0.3 is 11.1 Å². The summed E-state index contributed by atoms with van der Waals surface area (Å²) >= 11 is 5.60. The average molecular weight is 289 g/mol. The summed E-state index contributed by atoms with van der Waals surface area (Å²) < 4.78 is 0. The van der Waals surface area contributed by atoms with Gasteiger partial charge in [-0.1, -0.05) is 18.2 Å². The molecule has 0 fully saturated rings. The van der Waals surface area contributed by atoms with E-state index in [-0.39, 0.29) is 17.6 Å². The second kappa shape index (κ2) is 6.68. The Kier molecular flexibility index (Phi) is 4.68. The summed E-state index contributed by atoms with van der Waals surface area (Å²) in [6, 6.07) is 12.2. The molecule has 20 heavy (non-hydrogen) atoms. The van der Waals surface area contributed by atoms with Crippen LogP contribution in [-0.4, -0.2) is 22.6 Å². The van der Waals surface area contributed by atoms with Gasteiger partial charge in [-0.05, 0) is 24.3 Å². The van der Waals surface area contributed by atoms with Gasteiger partial charge in [-0.15, -0.1) is 11.6 Å². The number of nitrogens with zero attached hydrogens (tertiary/aromatic N) is 2. The third kappa shape index (κ3) is 3.55. The zero-order valence-corrected chi connectivity index (χ0v) is 11.3. The number of anilines is 1. The van der Waals surface area contributed by atoms with Crippen LogP contribution < -0.4 is 11.1 Å². The minimum absolute atomic E-state index is 0.107. The van der Waals surface area contributed by atoms with E-state index < -0.39 is 0 Å². The number of alkyl halides is 1. The van der Waals surface area contributed by atoms with Crippen LogP contribution in [0.2, 0.25) is 0 Å². The monoisotopic (exact) mass is 288 g/mol. The van der Waals surface area contributed by atoms with E-state index in [1.54, 1.807) is 48.7 Å². The summed E-state index contributed by atoms with van der Waals surface area (Å²) in [5, 5.41) is 2.70. The second-order valence-corrected chi connectivity index (χ2v) is 4.19. The van der Waals surface area contributed by atoms with Crippen molar-refractivity contribution in [3.8, 4) is 0 Å². The largest absolute Gasteiger partial charge is 0.386 e. The van der Waals surface area contributed by atoms with Gasteiger partial charge in [0.05, 0.1) is 17.1 Å². The van der Waals surface area contributed by atoms with Gasteiger partial charge in [-0.2, -0.15) is 0 Å². The van der Waals surface area contributed by atoms with Crippen molar-refractivity contribution in [2.45, 2.75) is 0 Å². The van der Waals surface area contributed by atoms with Gasteiger partial charge in [0.25, 0.3) is 5.91 Å². The summed E-state index contributed by atoms with van der Waals surface area (Å²) in [6.45, 7) is 0. The number of carbonyl (C=O) groups is 1. The maximum absolute atomic E-state index is 12.2. The fourth-order valence-corrected chi connectivity index (χ4v) is 1.63. The van der Waals surface area contributed by atoms with Crippen molar-refractivity contribution in [1.82, 2.24) is 4.98 Å². The Labute approximate surface area is 121 Å². The van der Waals surface area contributed by atoms with E-state index in [1.165, 1.54) is 0 Å². The number of halogens is 1. The molecule has 3 N–H and O–H groups in total. The Hall–Kier alpha value is -2.40. The first-order chi connectivity index (χ1) is 9.70. The lowest BCUT2D eigenvalue weighted by Crippen LogP contribution is -2.15. The lowest BCUT2D eigenvalue weighted by molar-refractivity contribution is 0.102. The van der Waals surface area contributed by atoms with Crippen LogP contribution in [0.15, 0.2) is 53.7 Å². The average Bonchev–Trinajstić information content (AvgIpc) is 2.48. The van der Waals surface area contributed by atoms with Gasteiger partial charge >= 0.3 is 0 Å². The van der Waals surface area contributed by atoms with E-state index >= 15 is 0 Å². The smallest absolute Gasteiger partial charge is 0.259 e. The third-order valence-electron chi connectivity index (χ3n) is 2.46. The minimum Gasteiger partial charge on any atom is -0.386 e. The zero-order valence-electron chi connectivity index (χ0n) is 10.6. The van der Waals surface area contributed by atoms with E-state index in [9.17, 15) is 4.79 Å². The number of pyridine rings is 1. The van der Waals surface area contributed by atoms with Crippen molar-refractivity contribution in [3.05, 3.63) is 54.2 Å². The van der Waals surface area contributed by atoms with E-state index in [1.807, 2.05) is 0 Å². The van der Waals surface area contributed by atoms with Gasteiger partial charge in [0.1, 0.15) is 11.7 Å². The minimum atomic E-state index is -0.301. The molecule has 2 rings (SSSR count). The Bertz CT molecular complexity index is 628. The molecule has 0 atom stereocenters. The fraction of sp³-hybridized carbons (Fsp3) is 0.0714. The first kappa shape index (κ1) is 14.0. The Balaban J connectivity index is 2.26. The van der Waals surface area contributed by atoms with Crippen LogP contribution in [0.3, 0.4) is 0 Å². The van der Waals surface area contributed by atoms with Crippen LogP contribution in [0.1, 0.15) is 10.4 Å². The van der Waals surface area contributed by atoms with Crippen LogP contribution in [0.5, 0.6) is 0 Å². The van der Waals surface area contributed by atoms with Crippen molar-refractivity contribution >= 4 is 34.8 Å². The number of hydrogen-bond donors (Lipinski definition) is 2. The molecule has 0 unspecified atom stereocenters. The topological polar surface area (TPSA) is 80.4 Å². The quantitative estimate of drug-likeness (QED) is 0.515. The molecule has 102 valence electrons. The van der Waals surface area contributed by atoms with Gasteiger partial charge in [0, 0.05) is 6.20 Å². The molecule has 0 aliphatic rings. The molecule has 1 heterocycles. The maximum atomic E-state index is 12.2. The van der Waals surface area contributed by atoms with Gasteiger partial charge in [-0.3, -0.25) is 4.79 Å². The van der Waals surface area contributed by atoms with Gasteiger partial charge in [0.2, 0.25) is 0 Å². The molecule has 1 amide bonds. The molecule has 0 aliphatic heterocycles. The summed E-state index contributed by atoms with van der Waals surface area (Å²) in [5.74, 6) is 0.535. The Morgan fingerprint density at radius 2 is 2.00 bits per heavy atom. The fourth-order valence-electron chi connectivity index (χ4n) is 1.57. The first-order valence-electron chi connectivity index (χ1n) is 5.91. The van der Waals surface area contributed by atoms with Crippen molar-refractivity contribution in [1.29, 1.82) is 0 Å². The van der Waals surface area contributed by atoms with Crippen molar-refractivity contribution in [3.63, 3.8) is 0 Å². The molecular formula is C14H13ClN4O. The molecule has 0 aliphatic carbocycles. The van der Waals surface area contributed by atoms with Crippen LogP contribution in [-0.2, 0) is 0 Å². The molecule has 0 radical (unpaired) electrons. The highest BCUT2D eigenvalue weighted by molar-refractivity contribution is 6.28. The maximum Gasteiger partial charge on any atom is 0.259 e. The summed E-state index contributed by atoms with van der Waals surface area (Å²) in [6.07, 6.45) is 1.60. The number of rotatable bonds is 4. The van der Waals surface area contributed by atoms with Crippen LogP contribution in [0.25, 0.3) is 0 Å². The molecule has 2 aromatic rings. The highest BCUT2D eigenvalue weighted by Gasteiger charge is 2.11. The summed E-state index contributed by atoms with van der Waals surface area (Å²) in [5.41, 5.74) is 6.48. The Morgan fingerprint density at radius 3 is 2.70 bits per heavy atom. The summed E-state index contributed by atoms with van der Waals surface area (Å²) in [4.78, 5) is 20.4. The lowest BCUT2D eigenvalue weighted by Gasteiger charge is -2.07. The predicted octanol–water partition coefficient (Wildman–Crippen LogP) is 2.56. The first-order valence-corrected chi connectivity index (χ1v) is 6.44. The predicted molar refractivity (Wildman–Crippen MR) is 80.6 cm³/mol. The molecule has 6 heteroatoms. The zero-order chi connectivity index (χ0) is 14.4. The highest BCUT2D eigenvalue weighted by Crippen LogP contribution is 2.19. The van der Waals surface area contributed by atoms with Crippen molar-refractivity contribution in [2.75, 3.05) is 11.2 Å². The number of hydrogen-bond acceptors (Lipinski definition) is 3. The summed E-state index contributed by atoms with van der Waals surface area (Å²) in [7, 11) is 0. The molecule has 0 saturated carbocycles. The van der Waals surface area contributed by atoms with Crippen LogP contribution in [0.4, 0.5) is 11.5 Å². The second-order valence-electron chi connectivity index (χ2n) is 3.92. The normalized spacial score (nSPS) is 11.2. The third-order valence-corrected chi connectivity index (χ3v) is 2.73. The molecular weight excluding hydrogens is 276 g/mol. The number of aromatic nitrogens is 1. The van der Waals surface area contributed by atoms with Gasteiger partial charge in [0.15, 0.2) is 0 Å². The van der Waals surface area contributed by atoms with E-state index in [4.69, 9.17) is 17.3 Å². The number of nitrogens with two attached hydrogens (primary N) is 1. The van der Waals surface area contributed by atoms with Crippen molar-refractivity contribution in [2.24, 2.45) is 10.7 Å². The molecule has 5 nitrogen and oxygen atoms in total. The van der Waals surface area contributed by atoms with Crippen molar-refractivity contribution < 1.29 is 4.79 Å². The molecule has 1 aromatic heterocycles. The van der Waals surface area contributed by atoms with E-state index in [0.29, 0.717) is 17.1 Å². The number of amides is 1. The van der Waals surface area contributed by atoms with E-state index in [2.05, 4.69) is 15.3 Å². The standard InChI is InChI=1S/C14H13ClN4O/c15-9-12(16)18-11-6-2-1-5-10(11)14(20)19-13-7-3-4-8-17-13/h1-8H,9H2,(H2,16,18)(H,17,19,20). The van der Waals surface area contributed by atoms with E-state index in [0.717, 1.165) is 0 Å². The lowest BCUT2D eigenvalue weighted by atomic mass is 10.1. The number of amidine groups is 1. The SMILES string of the molecule is NC(CCl)=Nc1ccccc1C(=O)Nc1ccccn1. The van der Waals surface area contributed by atoms with Crippen LogP contribution >= 0.6 is 11.6 Å². The number of carbonyl (C=O) groups excluding carboxylic acids is 1.